The lowest BCUT2D eigenvalue weighted by atomic mass is 9.88. The molecule has 1 saturated heterocycles. The van der Waals surface area contributed by atoms with E-state index >= 15 is 0 Å². The van der Waals surface area contributed by atoms with Crippen LogP contribution in [0.1, 0.15) is 11.5 Å². The number of hydrogen-bond acceptors (Lipinski definition) is 3. The van der Waals surface area contributed by atoms with Gasteiger partial charge in [-0.2, -0.15) is 0 Å². The summed E-state index contributed by atoms with van der Waals surface area (Å²) < 4.78 is 5.27. The fourth-order valence-electron chi connectivity index (χ4n) is 2.24. The first kappa shape index (κ1) is 11.0. The van der Waals surface area contributed by atoms with E-state index in [1.54, 1.807) is 7.11 Å². The summed E-state index contributed by atoms with van der Waals surface area (Å²) in [7, 11) is 1.61. The molecule has 16 heavy (non-hydrogen) atoms. The summed E-state index contributed by atoms with van der Waals surface area (Å²) >= 11 is 0. The number of carboxylic acid groups (broad SMARTS) is 1. The average Bonchev–Trinajstić information content (AvgIpc) is 2.77. The van der Waals surface area contributed by atoms with Crippen LogP contribution in [-0.2, 0) is 4.79 Å². The van der Waals surface area contributed by atoms with Gasteiger partial charge in [-0.1, -0.05) is 18.2 Å². The van der Waals surface area contributed by atoms with Crippen molar-refractivity contribution in [1.29, 1.82) is 0 Å². The number of carboxylic acids is 1. The van der Waals surface area contributed by atoms with Gasteiger partial charge in [-0.15, -0.1) is 0 Å². The summed E-state index contributed by atoms with van der Waals surface area (Å²) in [6.07, 6.45) is 0. The van der Waals surface area contributed by atoms with Crippen LogP contribution < -0.4 is 10.1 Å². The first-order chi connectivity index (χ1) is 7.74. The topological polar surface area (TPSA) is 58.6 Å². The van der Waals surface area contributed by atoms with Gasteiger partial charge in [0.2, 0.25) is 0 Å². The molecule has 0 radical (unpaired) electrons. The van der Waals surface area contributed by atoms with Crippen LogP contribution in [0.3, 0.4) is 0 Å². The van der Waals surface area contributed by atoms with E-state index in [4.69, 9.17) is 9.84 Å². The van der Waals surface area contributed by atoms with Crippen molar-refractivity contribution < 1.29 is 14.6 Å². The Morgan fingerprint density at radius 3 is 2.88 bits per heavy atom. The van der Waals surface area contributed by atoms with Crippen molar-refractivity contribution in [3.8, 4) is 5.75 Å². The van der Waals surface area contributed by atoms with Crippen molar-refractivity contribution in [2.24, 2.45) is 5.92 Å². The number of methoxy groups -OCH3 is 1. The Hall–Kier alpha value is -1.55. The molecular formula is C12H15NO3. The van der Waals surface area contributed by atoms with Crippen molar-refractivity contribution in [1.82, 2.24) is 5.32 Å². The Morgan fingerprint density at radius 2 is 2.19 bits per heavy atom. The third-order valence-corrected chi connectivity index (χ3v) is 3.07. The molecule has 4 nitrogen and oxygen atoms in total. The molecule has 4 heteroatoms. The van der Waals surface area contributed by atoms with Crippen molar-refractivity contribution in [2.75, 3.05) is 20.2 Å². The zero-order valence-corrected chi connectivity index (χ0v) is 9.14. The van der Waals surface area contributed by atoms with E-state index in [1.807, 2.05) is 24.3 Å². The van der Waals surface area contributed by atoms with Gasteiger partial charge >= 0.3 is 5.97 Å². The number of ether oxygens (including phenoxy) is 1. The van der Waals surface area contributed by atoms with Gasteiger partial charge in [0.25, 0.3) is 0 Å². The molecule has 0 aromatic heterocycles. The Bertz CT molecular complexity index is 392. The molecule has 0 unspecified atom stereocenters. The predicted molar refractivity (Wildman–Crippen MR) is 59.7 cm³/mol. The lowest BCUT2D eigenvalue weighted by molar-refractivity contribution is -0.141. The summed E-state index contributed by atoms with van der Waals surface area (Å²) in [5, 5.41) is 12.2. The molecule has 0 aliphatic carbocycles. The van der Waals surface area contributed by atoms with Crippen molar-refractivity contribution in [2.45, 2.75) is 5.92 Å². The molecule has 1 aliphatic rings. The van der Waals surface area contributed by atoms with Gasteiger partial charge in [-0.05, 0) is 11.6 Å². The standard InChI is InChI=1S/C12H15NO3/c1-16-11-5-3-2-4-8(11)9-6-13-7-10(9)12(14)15/h2-5,9-10,13H,6-7H2,1H3,(H,14,15)/t9-,10+/m1/s1. The van der Waals surface area contributed by atoms with Crippen molar-refractivity contribution in [3.63, 3.8) is 0 Å². The van der Waals surface area contributed by atoms with Crippen LogP contribution in [-0.4, -0.2) is 31.3 Å². The zero-order valence-electron chi connectivity index (χ0n) is 9.14. The number of aliphatic carboxylic acids is 1. The minimum atomic E-state index is -0.749. The van der Waals surface area contributed by atoms with E-state index in [-0.39, 0.29) is 11.8 Å². The molecule has 1 aromatic rings. The van der Waals surface area contributed by atoms with E-state index in [9.17, 15) is 4.79 Å². The summed E-state index contributed by atoms with van der Waals surface area (Å²) in [5.41, 5.74) is 0.974. The van der Waals surface area contributed by atoms with E-state index in [1.165, 1.54) is 0 Å². The maximum atomic E-state index is 11.1. The number of para-hydroxylation sites is 1. The van der Waals surface area contributed by atoms with Crippen molar-refractivity contribution >= 4 is 5.97 Å². The van der Waals surface area contributed by atoms with E-state index < -0.39 is 5.97 Å². The lowest BCUT2D eigenvalue weighted by Crippen LogP contribution is -2.21. The summed E-state index contributed by atoms with van der Waals surface area (Å²) in [6.45, 7) is 1.22. The Labute approximate surface area is 94.2 Å². The third kappa shape index (κ3) is 1.88. The molecule has 0 bridgehead atoms. The lowest BCUT2D eigenvalue weighted by Gasteiger charge is -2.17. The number of carbonyl (C=O) groups is 1. The van der Waals surface area contributed by atoms with Crippen LogP contribution in [0.4, 0.5) is 0 Å². The number of nitrogens with one attached hydrogen (secondary N) is 1. The first-order valence-corrected chi connectivity index (χ1v) is 5.30. The first-order valence-electron chi connectivity index (χ1n) is 5.30. The molecule has 86 valence electrons. The van der Waals surface area contributed by atoms with Gasteiger partial charge in [0.05, 0.1) is 13.0 Å². The van der Waals surface area contributed by atoms with Crippen LogP contribution in [0.2, 0.25) is 0 Å². The molecule has 1 fully saturated rings. The van der Waals surface area contributed by atoms with Crippen LogP contribution in [0.5, 0.6) is 5.75 Å². The molecule has 0 amide bonds. The van der Waals surface area contributed by atoms with Crippen LogP contribution in [0, 0.1) is 5.92 Å². The fourth-order valence-corrected chi connectivity index (χ4v) is 2.24. The minimum absolute atomic E-state index is 0.00588. The molecule has 1 aliphatic heterocycles. The fraction of sp³-hybridized carbons (Fsp3) is 0.417. The Balaban J connectivity index is 2.32. The predicted octanol–water partition coefficient (Wildman–Crippen LogP) is 1.08. The summed E-state index contributed by atoms with van der Waals surface area (Å²) in [6, 6.07) is 7.61. The largest absolute Gasteiger partial charge is 0.496 e. The van der Waals surface area contributed by atoms with Crippen LogP contribution in [0.25, 0.3) is 0 Å². The minimum Gasteiger partial charge on any atom is -0.496 e. The van der Waals surface area contributed by atoms with Crippen molar-refractivity contribution in [3.05, 3.63) is 29.8 Å². The smallest absolute Gasteiger partial charge is 0.308 e. The van der Waals surface area contributed by atoms with Crippen LogP contribution in [0.15, 0.2) is 24.3 Å². The highest BCUT2D eigenvalue weighted by Gasteiger charge is 2.35. The maximum absolute atomic E-state index is 11.1. The highest BCUT2D eigenvalue weighted by atomic mass is 16.5. The Kier molecular flexibility index (Phi) is 3.10. The molecule has 2 rings (SSSR count). The number of rotatable bonds is 3. The summed E-state index contributed by atoms with van der Waals surface area (Å²) in [5.74, 6) is -0.353. The van der Waals surface area contributed by atoms with E-state index in [0.717, 1.165) is 11.3 Å². The van der Waals surface area contributed by atoms with Gasteiger partial charge in [-0.25, -0.2) is 0 Å². The van der Waals surface area contributed by atoms with E-state index in [0.29, 0.717) is 13.1 Å². The highest BCUT2D eigenvalue weighted by molar-refractivity contribution is 5.72. The maximum Gasteiger partial charge on any atom is 0.308 e. The second kappa shape index (κ2) is 4.53. The monoisotopic (exact) mass is 221 g/mol. The molecule has 0 saturated carbocycles. The van der Waals surface area contributed by atoms with E-state index in [2.05, 4.69) is 5.32 Å². The molecule has 1 heterocycles. The van der Waals surface area contributed by atoms with Gasteiger partial charge in [-0.3, -0.25) is 4.79 Å². The van der Waals surface area contributed by atoms with Gasteiger partial charge < -0.3 is 15.2 Å². The number of hydrogen-bond donors (Lipinski definition) is 2. The molecule has 2 N–H and O–H groups in total. The molecule has 2 atom stereocenters. The van der Waals surface area contributed by atoms with Crippen LogP contribution >= 0.6 is 0 Å². The quantitative estimate of drug-likeness (QED) is 0.802. The molecule has 0 spiro atoms. The van der Waals surface area contributed by atoms with Gasteiger partial charge in [0, 0.05) is 19.0 Å². The Morgan fingerprint density at radius 1 is 1.44 bits per heavy atom. The highest BCUT2D eigenvalue weighted by Crippen LogP contribution is 2.34. The zero-order chi connectivity index (χ0) is 11.5. The SMILES string of the molecule is COc1ccccc1[C@H]1CNC[C@@H]1C(=O)O. The van der Waals surface area contributed by atoms with Gasteiger partial charge in [0.1, 0.15) is 5.75 Å². The summed E-state index contributed by atoms with van der Waals surface area (Å²) in [4.78, 5) is 11.1. The molecule has 1 aromatic carbocycles. The average molecular weight is 221 g/mol. The third-order valence-electron chi connectivity index (χ3n) is 3.07. The second-order valence-electron chi connectivity index (χ2n) is 3.95. The number of benzene rings is 1. The normalized spacial score (nSPS) is 24.3. The molecular weight excluding hydrogens is 206 g/mol. The second-order valence-corrected chi connectivity index (χ2v) is 3.95. The van der Waals surface area contributed by atoms with Gasteiger partial charge in [0.15, 0.2) is 0 Å².